The van der Waals surface area contributed by atoms with Crippen LogP contribution in [0.3, 0.4) is 0 Å². The summed E-state index contributed by atoms with van der Waals surface area (Å²) in [6.45, 7) is 0.547. The number of hydrogen-bond donors (Lipinski definition) is 6. The Morgan fingerprint density at radius 3 is 2.17 bits per heavy atom. The van der Waals surface area contributed by atoms with E-state index in [1.54, 1.807) is 0 Å². The lowest BCUT2D eigenvalue weighted by Crippen LogP contribution is -2.55. The Hall–Kier alpha value is -1.69. The molecule has 5 unspecified atom stereocenters. The number of hydrogen-bond acceptors (Lipinski definition) is 7. The van der Waals surface area contributed by atoms with Crippen LogP contribution >= 0.6 is 11.6 Å². The number of aliphatic hydroxyl groups is 6. The predicted molar refractivity (Wildman–Crippen MR) is 100 cm³/mol. The Bertz CT molecular complexity index is 914. The van der Waals surface area contributed by atoms with Crippen molar-refractivity contribution in [3.05, 3.63) is 69.2 Å². The lowest BCUT2D eigenvalue weighted by atomic mass is 9.88. The zero-order valence-corrected chi connectivity index (χ0v) is 16.5. The first-order valence-electron chi connectivity index (χ1n) is 9.00. The standard InChI is InChI=1S/C20H21ClF2O7/c1-8-13(22)5-10(6-14(8)23)20(28,29)11-4-9(2-3-12(11)21)19-18(27)17(26)16(25)15(7-24)30-19/h2-6,15-19,24-29H,7H2,1H3. The Labute approximate surface area is 175 Å². The van der Waals surface area contributed by atoms with Crippen LogP contribution in [0.5, 0.6) is 0 Å². The summed E-state index contributed by atoms with van der Waals surface area (Å²) in [6.07, 6.45) is -7.27. The van der Waals surface area contributed by atoms with Gasteiger partial charge in [0.1, 0.15) is 42.2 Å². The molecule has 30 heavy (non-hydrogen) atoms. The molecule has 7 nitrogen and oxygen atoms in total. The Kier molecular flexibility index (Phi) is 6.47. The van der Waals surface area contributed by atoms with Gasteiger partial charge in [-0.3, -0.25) is 0 Å². The van der Waals surface area contributed by atoms with Gasteiger partial charge in [0, 0.05) is 21.7 Å². The van der Waals surface area contributed by atoms with Crippen LogP contribution in [0.4, 0.5) is 8.78 Å². The van der Waals surface area contributed by atoms with E-state index in [1.165, 1.54) is 19.1 Å². The largest absolute Gasteiger partial charge is 0.394 e. The van der Waals surface area contributed by atoms with Gasteiger partial charge < -0.3 is 35.4 Å². The van der Waals surface area contributed by atoms with Gasteiger partial charge in [0.2, 0.25) is 5.79 Å². The quantitative estimate of drug-likeness (QED) is 0.380. The first-order valence-corrected chi connectivity index (χ1v) is 9.38. The molecule has 0 radical (unpaired) electrons. The predicted octanol–water partition coefficient (Wildman–Crippen LogP) is 0.627. The molecule has 2 aromatic carbocycles. The maximum atomic E-state index is 13.9. The van der Waals surface area contributed by atoms with Crippen LogP contribution in [-0.2, 0) is 10.5 Å². The highest BCUT2D eigenvalue weighted by Gasteiger charge is 2.44. The number of benzene rings is 2. The average molecular weight is 447 g/mol. The van der Waals surface area contributed by atoms with Crippen molar-refractivity contribution in [2.45, 2.75) is 43.2 Å². The maximum Gasteiger partial charge on any atom is 0.219 e. The average Bonchev–Trinajstić information content (AvgIpc) is 2.70. The molecule has 0 bridgehead atoms. The third kappa shape index (κ3) is 3.95. The minimum atomic E-state index is -2.91. The molecule has 3 rings (SSSR count). The van der Waals surface area contributed by atoms with Gasteiger partial charge in [0.25, 0.3) is 0 Å². The summed E-state index contributed by atoms with van der Waals surface area (Å²) in [5.74, 6) is -4.88. The lowest BCUT2D eigenvalue weighted by molar-refractivity contribution is -0.231. The third-order valence-corrected chi connectivity index (χ3v) is 5.60. The summed E-state index contributed by atoms with van der Waals surface area (Å²) in [6, 6.07) is 5.26. The van der Waals surface area contributed by atoms with Crippen molar-refractivity contribution in [1.82, 2.24) is 0 Å². The molecule has 0 aliphatic carbocycles. The molecule has 2 aromatic rings. The second-order valence-electron chi connectivity index (χ2n) is 7.23. The van der Waals surface area contributed by atoms with Crippen molar-refractivity contribution in [3.8, 4) is 0 Å². The highest BCUT2D eigenvalue weighted by molar-refractivity contribution is 6.31. The van der Waals surface area contributed by atoms with Crippen molar-refractivity contribution < 1.29 is 44.2 Å². The minimum absolute atomic E-state index is 0.117. The smallest absolute Gasteiger partial charge is 0.219 e. The van der Waals surface area contributed by atoms with Gasteiger partial charge in [-0.25, -0.2) is 8.78 Å². The molecule has 0 aromatic heterocycles. The van der Waals surface area contributed by atoms with E-state index in [0.717, 1.165) is 18.2 Å². The fraction of sp³-hybridized carbons (Fsp3) is 0.400. The zero-order valence-electron chi connectivity index (χ0n) is 15.7. The molecule has 5 atom stereocenters. The van der Waals surface area contributed by atoms with E-state index in [-0.39, 0.29) is 21.7 Å². The highest BCUT2D eigenvalue weighted by atomic mass is 35.5. The van der Waals surface area contributed by atoms with Crippen LogP contribution in [0.15, 0.2) is 30.3 Å². The molecule has 1 saturated heterocycles. The van der Waals surface area contributed by atoms with Gasteiger partial charge in [0.15, 0.2) is 0 Å². The van der Waals surface area contributed by atoms with Gasteiger partial charge in [-0.1, -0.05) is 17.7 Å². The number of aliphatic hydroxyl groups excluding tert-OH is 4. The molecule has 1 aliphatic rings. The van der Waals surface area contributed by atoms with Crippen LogP contribution in [-0.4, -0.2) is 61.7 Å². The SMILES string of the molecule is Cc1c(F)cc(C(O)(O)c2cc(C3OC(CO)C(O)C(O)C3O)ccc2Cl)cc1F. The molecule has 164 valence electrons. The number of halogens is 3. The second-order valence-corrected chi connectivity index (χ2v) is 7.63. The Morgan fingerprint density at radius 2 is 1.60 bits per heavy atom. The molecule has 0 saturated carbocycles. The van der Waals surface area contributed by atoms with Gasteiger partial charge >= 0.3 is 0 Å². The molecule has 1 aliphatic heterocycles. The van der Waals surface area contributed by atoms with E-state index in [0.29, 0.717) is 0 Å². The Balaban J connectivity index is 2.05. The van der Waals surface area contributed by atoms with Crippen LogP contribution in [0.2, 0.25) is 5.02 Å². The van der Waals surface area contributed by atoms with E-state index in [9.17, 15) is 39.4 Å². The zero-order chi connectivity index (χ0) is 22.4. The first kappa shape index (κ1) is 23.0. The van der Waals surface area contributed by atoms with E-state index in [4.69, 9.17) is 16.3 Å². The molecular weight excluding hydrogens is 426 g/mol. The third-order valence-electron chi connectivity index (χ3n) is 5.27. The molecule has 1 heterocycles. The van der Waals surface area contributed by atoms with Gasteiger partial charge in [-0.05, 0) is 36.8 Å². The topological polar surface area (TPSA) is 131 Å². The second kappa shape index (κ2) is 8.45. The van der Waals surface area contributed by atoms with Crippen molar-refractivity contribution in [2.24, 2.45) is 0 Å². The van der Waals surface area contributed by atoms with Gasteiger partial charge in [-0.15, -0.1) is 0 Å². The number of ether oxygens (including phenoxy) is 1. The summed E-state index contributed by atoms with van der Waals surface area (Å²) in [4.78, 5) is 0. The molecule has 6 N–H and O–H groups in total. The maximum absolute atomic E-state index is 13.9. The van der Waals surface area contributed by atoms with Crippen molar-refractivity contribution >= 4 is 11.6 Å². The Morgan fingerprint density at radius 1 is 1.00 bits per heavy atom. The summed E-state index contributed by atoms with van der Waals surface area (Å²) < 4.78 is 33.3. The molecule has 10 heteroatoms. The van der Waals surface area contributed by atoms with E-state index in [1.807, 2.05) is 0 Å². The van der Waals surface area contributed by atoms with E-state index < -0.39 is 60.1 Å². The highest BCUT2D eigenvalue weighted by Crippen LogP contribution is 2.38. The fourth-order valence-electron chi connectivity index (χ4n) is 3.37. The van der Waals surface area contributed by atoms with E-state index in [2.05, 4.69) is 0 Å². The summed E-state index contributed by atoms with van der Waals surface area (Å²) in [5.41, 5.74) is -1.06. The summed E-state index contributed by atoms with van der Waals surface area (Å²) in [5, 5.41) is 60.7. The van der Waals surface area contributed by atoms with Crippen LogP contribution < -0.4 is 0 Å². The van der Waals surface area contributed by atoms with Crippen molar-refractivity contribution in [1.29, 1.82) is 0 Å². The first-order chi connectivity index (χ1) is 14.0. The van der Waals surface area contributed by atoms with Gasteiger partial charge in [0.05, 0.1) is 6.61 Å². The molecule has 0 spiro atoms. The van der Waals surface area contributed by atoms with Crippen LogP contribution in [0, 0.1) is 18.6 Å². The van der Waals surface area contributed by atoms with Crippen molar-refractivity contribution in [2.75, 3.05) is 6.61 Å². The summed E-state index contributed by atoms with van der Waals surface area (Å²) >= 11 is 6.08. The lowest BCUT2D eigenvalue weighted by Gasteiger charge is -2.40. The monoisotopic (exact) mass is 446 g/mol. The van der Waals surface area contributed by atoms with Gasteiger partial charge in [-0.2, -0.15) is 0 Å². The minimum Gasteiger partial charge on any atom is -0.394 e. The van der Waals surface area contributed by atoms with E-state index >= 15 is 0 Å². The normalized spacial score (nSPS) is 27.3. The molecular formula is C20H21ClF2O7. The van der Waals surface area contributed by atoms with Crippen LogP contribution in [0.1, 0.15) is 28.4 Å². The van der Waals surface area contributed by atoms with Crippen molar-refractivity contribution in [3.63, 3.8) is 0 Å². The number of rotatable bonds is 4. The summed E-state index contributed by atoms with van der Waals surface area (Å²) in [7, 11) is 0. The molecule has 1 fully saturated rings. The molecule has 0 amide bonds. The fourth-order valence-corrected chi connectivity index (χ4v) is 3.62. The van der Waals surface area contributed by atoms with Crippen LogP contribution in [0.25, 0.3) is 0 Å².